The highest BCUT2D eigenvalue weighted by Gasteiger charge is 2.19. The number of aryl methyl sites for hydroxylation is 1. The lowest BCUT2D eigenvalue weighted by Crippen LogP contribution is -2.06. The third-order valence-corrected chi connectivity index (χ3v) is 3.40. The van der Waals surface area contributed by atoms with Crippen LogP contribution in [-0.4, -0.2) is 37.7 Å². The average molecular weight is 329 g/mol. The number of ether oxygens (including phenoxy) is 3. The van der Waals surface area contributed by atoms with Gasteiger partial charge in [0.15, 0.2) is 5.75 Å². The van der Waals surface area contributed by atoms with Crippen molar-refractivity contribution in [3.8, 4) is 5.75 Å². The molecule has 0 spiro atoms. The topological polar surface area (TPSA) is 74.7 Å². The lowest BCUT2D eigenvalue weighted by molar-refractivity contribution is -0.137. The zero-order valence-corrected chi connectivity index (χ0v) is 14.1. The molecule has 0 saturated heterocycles. The van der Waals surface area contributed by atoms with Gasteiger partial charge in [-0.15, -0.1) is 0 Å². The van der Waals surface area contributed by atoms with Gasteiger partial charge in [0, 0.05) is 17.2 Å². The third kappa shape index (κ3) is 3.53. The van der Waals surface area contributed by atoms with Crippen LogP contribution in [0.25, 0.3) is 17.0 Å². The molecule has 0 atom stereocenters. The first-order chi connectivity index (χ1) is 11.5. The van der Waals surface area contributed by atoms with Gasteiger partial charge < -0.3 is 14.2 Å². The van der Waals surface area contributed by atoms with E-state index in [0.717, 1.165) is 11.1 Å². The Morgan fingerprint density at radius 2 is 2.00 bits per heavy atom. The van der Waals surface area contributed by atoms with Crippen LogP contribution in [0.5, 0.6) is 5.75 Å². The Morgan fingerprint density at radius 3 is 2.62 bits per heavy atom. The van der Waals surface area contributed by atoms with E-state index in [-0.39, 0.29) is 5.56 Å². The van der Waals surface area contributed by atoms with E-state index < -0.39 is 11.9 Å². The summed E-state index contributed by atoms with van der Waals surface area (Å²) in [5.74, 6) is -0.655. The van der Waals surface area contributed by atoms with Gasteiger partial charge in [0.2, 0.25) is 0 Å². The lowest BCUT2D eigenvalue weighted by atomic mass is 10.0. The second kappa shape index (κ2) is 7.59. The molecule has 0 radical (unpaired) electrons. The molecule has 1 aromatic carbocycles. The first kappa shape index (κ1) is 17.5. The van der Waals surface area contributed by atoms with Gasteiger partial charge in [0.1, 0.15) is 11.1 Å². The molecular formula is C18H19NO5. The highest BCUT2D eigenvalue weighted by molar-refractivity contribution is 6.04. The highest BCUT2D eigenvalue weighted by Crippen LogP contribution is 2.32. The van der Waals surface area contributed by atoms with Gasteiger partial charge in [-0.05, 0) is 37.6 Å². The van der Waals surface area contributed by atoms with Crippen LogP contribution >= 0.6 is 0 Å². The van der Waals surface area contributed by atoms with Crippen molar-refractivity contribution >= 4 is 28.9 Å². The Balaban J connectivity index is 2.70. The first-order valence-electron chi connectivity index (χ1n) is 7.43. The lowest BCUT2D eigenvalue weighted by Gasteiger charge is -2.13. The molecule has 0 unspecified atom stereocenters. The fraction of sp³-hybridized carbons (Fsp3) is 0.278. The molecule has 6 nitrogen and oxygen atoms in total. The number of esters is 2. The zero-order valence-electron chi connectivity index (χ0n) is 14.1. The smallest absolute Gasteiger partial charge is 0.341 e. The van der Waals surface area contributed by atoms with E-state index in [1.54, 1.807) is 19.1 Å². The summed E-state index contributed by atoms with van der Waals surface area (Å²) >= 11 is 0. The van der Waals surface area contributed by atoms with E-state index in [1.807, 2.05) is 19.1 Å². The van der Waals surface area contributed by atoms with Gasteiger partial charge in [0.25, 0.3) is 0 Å². The predicted octanol–water partition coefficient (Wildman–Crippen LogP) is 2.91. The van der Waals surface area contributed by atoms with Crippen LogP contribution in [0.4, 0.5) is 0 Å². The summed E-state index contributed by atoms with van der Waals surface area (Å²) in [5, 5.41) is 0.755. The van der Waals surface area contributed by atoms with E-state index in [1.165, 1.54) is 20.3 Å². The number of pyridine rings is 1. The second-order valence-electron chi connectivity index (χ2n) is 4.97. The molecule has 2 aromatic rings. The normalized spacial score (nSPS) is 10.8. The fourth-order valence-corrected chi connectivity index (χ4v) is 2.34. The second-order valence-corrected chi connectivity index (χ2v) is 4.97. The van der Waals surface area contributed by atoms with Crippen molar-refractivity contribution in [1.29, 1.82) is 0 Å². The van der Waals surface area contributed by atoms with E-state index in [0.29, 0.717) is 23.4 Å². The first-order valence-corrected chi connectivity index (χ1v) is 7.43. The molecule has 2 rings (SSSR count). The Morgan fingerprint density at radius 1 is 1.25 bits per heavy atom. The number of hydrogen-bond acceptors (Lipinski definition) is 6. The number of carbonyl (C=O) groups is 2. The minimum absolute atomic E-state index is 0.245. The standard InChI is InChI=1S/C18H19NO5/c1-5-24-15(20)9-7-12-10-14(18(21)23-4)17(22-3)16-13(12)8-6-11(2)19-16/h6-10H,5H2,1-4H3/b9-7+. The molecule has 1 aromatic heterocycles. The molecule has 0 amide bonds. The molecule has 0 aliphatic rings. The number of methoxy groups -OCH3 is 2. The van der Waals surface area contributed by atoms with E-state index >= 15 is 0 Å². The third-order valence-electron chi connectivity index (χ3n) is 3.40. The van der Waals surface area contributed by atoms with Crippen molar-refractivity contribution in [3.63, 3.8) is 0 Å². The van der Waals surface area contributed by atoms with Crippen molar-refractivity contribution < 1.29 is 23.8 Å². The summed E-state index contributed by atoms with van der Waals surface area (Å²) < 4.78 is 15.1. The Labute approximate surface area is 140 Å². The summed E-state index contributed by atoms with van der Waals surface area (Å²) in [5.41, 5.74) is 2.20. The number of rotatable bonds is 5. The molecule has 0 aliphatic carbocycles. The minimum Gasteiger partial charge on any atom is -0.494 e. The van der Waals surface area contributed by atoms with Crippen LogP contribution in [0.15, 0.2) is 24.3 Å². The summed E-state index contributed by atoms with van der Waals surface area (Å²) in [4.78, 5) is 28.1. The maximum absolute atomic E-state index is 12.1. The largest absolute Gasteiger partial charge is 0.494 e. The van der Waals surface area contributed by atoms with Crippen LogP contribution in [0.3, 0.4) is 0 Å². The van der Waals surface area contributed by atoms with E-state index in [2.05, 4.69) is 4.98 Å². The molecule has 1 heterocycles. The van der Waals surface area contributed by atoms with Crippen molar-refractivity contribution in [3.05, 3.63) is 41.1 Å². The number of nitrogens with zero attached hydrogens (tertiary/aromatic N) is 1. The average Bonchev–Trinajstić information content (AvgIpc) is 2.58. The quantitative estimate of drug-likeness (QED) is 0.620. The number of benzene rings is 1. The summed E-state index contributed by atoms with van der Waals surface area (Å²) in [6.07, 6.45) is 2.90. The Hall–Kier alpha value is -2.89. The van der Waals surface area contributed by atoms with Gasteiger partial charge >= 0.3 is 11.9 Å². The summed E-state index contributed by atoms with van der Waals surface area (Å²) in [6, 6.07) is 5.33. The maximum atomic E-state index is 12.1. The van der Waals surface area contributed by atoms with Crippen LogP contribution < -0.4 is 4.74 Å². The number of fused-ring (bicyclic) bond motifs is 1. The molecule has 24 heavy (non-hydrogen) atoms. The van der Waals surface area contributed by atoms with E-state index in [4.69, 9.17) is 14.2 Å². The van der Waals surface area contributed by atoms with Crippen molar-refractivity contribution in [2.75, 3.05) is 20.8 Å². The van der Waals surface area contributed by atoms with Gasteiger partial charge in [-0.3, -0.25) is 0 Å². The van der Waals surface area contributed by atoms with Gasteiger partial charge in [-0.1, -0.05) is 6.07 Å². The monoisotopic (exact) mass is 329 g/mol. The molecule has 126 valence electrons. The molecular weight excluding hydrogens is 310 g/mol. The van der Waals surface area contributed by atoms with Crippen molar-refractivity contribution in [2.45, 2.75) is 13.8 Å². The summed E-state index contributed by atoms with van der Waals surface area (Å²) in [6.45, 7) is 3.87. The van der Waals surface area contributed by atoms with E-state index in [9.17, 15) is 9.59 Å². The molecule has 0 saturated carbocycles. The van der Waals surface area contributed by atoms with Gasteiger partial charge in [0.05, 0.1) is 20.8 Å². The molecule has 0 fully saturated rings. The van der Waals surface area contributed by atoms with Crippen LogP contribution in [0, 0.1) is 6.92 Å². The number of aromatic nitrogens is 1. The summed E-state index contributed by atoms with van der Waals surface area (Å²) in [7, 11) is 2.77. The highest BCUT2D eigenvalue weighted by atomic mass is 16.5. The van der Waals surface area contributed by atoms with Gasteiger partial charge in [-0.2, -0.15) is 0 Å². The Bertz CT molecular complexity index is 811. The molecule has 0 N–H and O–H groups in total. The van der Waals surface area contributed by atoms with Crippen LogP contribution in [-0.2, 0) is 14.3 Å². The molecule has 6 heteroatoms. The number of hydrogen-bond donors (Lipinski definition) is 0. The van der Waals surface area contributed by atoms with Crippen LogP contribution in [0.1, 0.15) is 28.5 Å². The zero-order chi connectivity index (χ0) is 17.7. The van der Waals surface area contributed by atoms with Crippen LogP contribution in [0.2, 0.25) is 0 Å². The van der Waals surface area contributed by atoms with Crippen molar-refractivity contribution in [1.82, 2.24) is 4.98 Å². The maximum Gasteiger partial charge on any atom is 0.341 e. The minimum atomic E-state index is -0.539. The van der Waals surface area contributed by atoms with Crippen molar-refractivity contribution in [2.24, 2.45) is 0 Å². The predicted molar refractivity (Wildman–Crippen MR) is 90.0 cm³/mol. The molecule has 0 aliphatic heterocycles. The number of carbonyl (C=O) groups excluding carboxylic acids is 2. The fourth-order valence-electron chi connectivity index (χ4n) is 2.34. The Kier molecular flexibility index (Phi) is 5.52. The van der Waals surface area contributed by atoms with Gasteiger partial charge in [-0.25, -0.2) is 14.6 Å². The molecule has 0 bridgehead atoms. The SMILES string of the molecule is CCOC(=O)/C=C/c1cc(C(=O)OC)c(OC)c2nc(C)ccc12.